The summed E-state index contributed by atoms with van der Waals surface area (Å²) in [6.45, 7) is 10.6. The Bertz CT molecular complexity index is 347. The molecule has 20 heavy (non-hydrogen) atoms. The van der Waals surface area contributed by atoms with Crippen LogP contribution in [0.15, 0.2) is 0 Å². The average molecular weight is 278 g/mol. The molecule has 2 atom stereocenters. The van der Waals surface area contributed by atoms with E-state index in [1.54, 1.807) is 0 Å². The molecule has 0 bridgehead atoms. The first kappa shape index (κ1) is 16.9. The summed E-state index contributed by atoms with van der Waals surface area (Å²) < 4.78 is 5.41. The van der Waals surface area contributed by atoms with Crippen molar-refractivity contribution in [3.05, 3.63) is 0 Å². The van der Waals surface area contributed by atoms with Gasteiger partial charge < -0.3 is 4.74 Å². The monoisotopic (exact) mass is 278 g/mol. The van der Waals surface area contributed by atoms with E-state index < -0.39 is 0 Å². The molecule has 0 aromatic rings. The predicted molar refractivity (Wildman–Crippen MR) is 77.9 cm³/mol. The molecule has 1 rings (SSSR count). The third-order valence-corrected chi connectivity index (χ3v) is 3.84. The standard InChI is InChI=1S/C15H26N4O/c1-3-20-10-9-19-8-7-18(12-14(19)2)13-15(11-17)5-4-6-16/h14-15H,3-5,7-10,12-13H2,1-2H3/t14-,15+/m0/s1. The zero-order valence-electron chi connectivity index (χ0n) is 12.7. The predicted octanol–water partition coefficient (Wildman–Crippen LogP) is 1.47. The molecule has 1 aliphatic heterocycles. The van der Waals surface area contributed by atoms with E-state index >= 15 is 0 Å². The third-order valence-electron chi connectivity index (χ3n) is 3.84. The molecule has 0 amide bonds. The average Bonchev–Trinajstić information content (AvgIpc) is 2.45. The number of nitriles is 2. The van der Waals surface area contributed by atoms with Gasteiger partial charge in [-0.1, -0.05) is 0 Å². The maximum atomic E-state index is 9.13. The van der Waals surface area contributed by atoms with Gasteiger partial charge in [0.25, 0.3) is 0 Å². The van der Waals surface area contributed by atoms with Gasteiger partial charge in [-0.05, 0) is 20.3 Å². The summed E-state index contributed by atoms with van der Waals surface area (Å²) in [6, 6.07) is 4.95. The molecule has 0 radical (unpaired) electrons. The van der Waals surface area contributed by atoms with Crippen LogP contribution in [0, 0.1) is 28.6 Å². The van der Waals surface area contributed by atoms with Gasteiger partial charge in [-0.2, -0.15) is 10.5 Å². The summed E-state index contributed by atoms with van der Waals surface area (Å²) in [7, 11) is 0. The fourth-order valence-corrected chi connectivity index (χ4v) is 2.64. The first-order valence-corrected chi connectivity index (χ1v) is 7.52. The highest BCUT2D eigenvalue weighted by molar-refractivity contribution is 4.90. The lowest BCUT2D eigenvalue weighted by Gasteiger charge is -2.40. The van der Waals surface area contributed by atoms with Gasteiger partial charge in [0.05, 0.1) is 24.7 Å². The Kier molecular flexibility index (Phi) is 8.22. The molecule has 1 aliphatic rings. The number of rotatable bonds is 8. The quantitative estimate of drug-likeness (QED) is 0.629. The molecule has 0 aliphatic carbocycles. The molecule has 0 N–H and O–H groups in total. The molecule has 112 valence electrons. The molecular weight excluding hydrogens is 252 g/mol. The van der Waals surface area contributed by atoms with E-state index in [1.807, 2.05) is 6.92 Å². The van der Waals surface area contributed by atoms with Gasteiger partial charge in [0, 0.05) is 51.8 Å². The van der Waals surface area contributed by atoms with Crippen molar-refractivity contribution in [3.63, 3.8) is 0 Å². The van der Waals surface area contributed by atoms with Crippen LogP contribution in [0.3, 0.4) is 0 Å². The molecule has 5 nitrogen and oxygen atoms in total. The number of ether oxygens (including phenoxy) is 1. The van der Waals surface area contributed by atoms with Crippen LogP contribution in [-0.2, 0) is 4.74 Å². The van der Waals surface area contributed by atoms with Crippen LogP contribution in [0.1, 0.15) is 26.7 Å². The number of hydrogen-bond donors (Lipinski definition) is 0. The van der Waals surface area contributed by atoms with Crippen molar-refractivity contribution in [2.45, 2.75) is 32.7 Å². The first-order chi connectivity index (χ1) is 9.71. The van der Waals surface area contributed by atoms with Crippen molar-refractivity contribution in [1.29, 1.82) is 10.5 Å². The zero-order chi connectivity index (χ0) is 14.8. The van der Waals surface area contributed by atoms with Gasteiger partial charge in [0.2, 0.25) is 0 Å². The molecule has 0 saturated carbocycles. The van der Waals surface area contributed by atoms with Crippen LogP contribution >= 0.6 is 0 Å². The zero-order valence-corrected chi connectivity index (χ0v) is 12.7. The van der Waals surface area contributed by atoms with Gasteiger partial charge in [-0.15, -0.1) is 0 Å². The van der Waals surface area contributed by atoms with E-state index in [2.05, 4.69) is 28.9 Å². The van der Waals surface area contributed by atoms with Gasteiger partial charge in [0.1, 0.15) is 0 Å². The largest absolute Gasteiger partial charge is 0.380 e. The Morgan fingerprint density at radius 2 is 2.15 bits per heavy atom. The third kappa shape index (κ3) is 5.88. The molecule has 0 aromatic carbocycles. The molecule has 1 fully saturated rings. The van der Waals surface area contributed by atoms with Crippen LogP contribution in [0.5, 0.6) is 0 Å². The lowest BCUT2D eigenvalue weighted by molar-refractivity contribution is 0.0459. The highest BCUT2D eigenvalue weighted by atomic mass is 16.5. The second kappa shape index (κ2) is 9.72. The Morgan fingerprint density at radius 1 is 1.35 bits per heavy atom. The van der Waals surface area contributed by atoms with E-state index in [1.165, 1.54) is 0 Å². The first-order valence-electron chi connectivity index (χ1n) is 7.52. The Morgan fingerprint density at radius 3 is 2.75 bits per heavy atom. The van der Waals surface area contributed by atoms with Crippen LogP contribution in [0.4, 0.5) is 0 Å². The lowest BCUT2D eigenvalue weighted by Crippen LogP contribution is -2.53. The molecule has 0 unspecified atom stereocenters. The summed E-state index contributed by atoms with van der Waals surface area (Å²) in [5, 5.41) is 17.7. The van der Waals surface area contributed by atoms with Gasteiger partial charge in [-0.3, -0.25) is 9.80 Å². The van der Waals surface area contributed by atoms with Crippen molar-refractivity contribution in [2.75, 3.05) is 45.9 Å². The minimum Gasteiger partial charge on any atom is -0.380 e. The normalized spacial score (nSPS) is 22.1. The summed E-state index contributed by atoms with van der Waals surface area (Å²) in [5.41, 5.74) is 0. The highest BCUT2D eigenvalue weighted by Crippen LogP contribution is 2.13. The van der Waals surface area contributed by atoms with Gasteiger partial charge in [0.15, 0.2) is 0 Å². The second-order valence-corrected chi connectivity index (χ2v) is 5.36. The second-order valence-electron chi connectivity index (χ2n) is 5.36. The van der Waals surface area contributed by atoms with Crippen LogP contribution < -0.4 is 0 Å². The van der Waals surface area contributed by atoms with Crippen LogP contribution in [0.25, 0.3) is 0 Å². The van der Waals surface area contributed by atoms with E-state index in [0.29, 0.717) is 18.9 Å². The summed E-state index contributed by atoms with van der Waals surface area (Å²) in [6.07, 6.45) is 1.16. The Hall–Kier alpha value is -1.14. The smallest absolute Gasteiger partial charge is 0.0669 e. The molecular formula is C15H26N4O. The van der Waals surface area contributed by atoms with E-state index in [0.717, 1.165) is 45.9 Å². The minimum absolute atomic E-state index is 0.0168. The summed E-state index contributed by atoms with van der Waals surface area (Å²) in [5.74, 6) is -0.0168. The fraction of sp³-hybridized carbons (Fsp3) is 0.867. The van der Waals surface area contributed by atoms with Crippen molar-refractivity contribution < 1.29 is 4.74 Å². The Labute approximate surface area is 122 Å². The fourth-order valence-electron chi connectivity index (χ4n) is 2.64. The maximum Gasteiger partial charge on any atom is 0.0669 e. The number of nitrogens with zero attached hydrogens (tertiary/aromatic N) is 4. The molecule has 1 saturated heterocycles. The number of piperazine rings is 1. The van der Waals surface area contributed by atoms with Crippen molar-refractivity contribution >= 4 is 0 Å². The topological polar surface area (TPSA) is 63.3 Å². The van der Waals surface area contributed by atoms with Crippen molar-refractivity contribution in [2.24, 2.45) is 5.92 Å². The van der Waals surface area contributed by atoms with E-state index in [4.69, 9.17) is 15.3 Å². The van der Waals surface area contributed by atoms with Crippen molar-refractivity contribution in [1.82, 2.24) is 9.80 Å². The molecule has 1 heterocycles. The SMILES string of the molecule is CCOCCN1CCN(C[C@@H](C#N)CCC#N)C[C@@H]1C. The summed E-state index contributed by atoms with van der Waals surface area (Å²) in [4.78, 5) is 4.80. The number of hydrogen-bond acceptors (Lipinski definition) is 5. The van der Waals surface area contributed by atoms with Crippen LogP contribution in [0.2, 0.25) is 0 Å². The summed E-state index contributed by atoms with van der Waals surface area (Å²) >= 11 is 0. The Balaban J connectivity index is 2.31. The van der Waals surface area contributed by atoms with E-state index in [-0.39, 0.29) is 5.92 Å². The molecule has 0 spiro atoms. The minimum atomic E-state index is -0.0168. The van der Waals surface area contributed by atoms with Gasteiger partial charge >= 0.3 is 0 Å². The maximum absolute atomic E-state index is 9.13. The van der Waals surface area contributed by atoms with Crippen LogP contribution in [-0.4, -0.2) is 61.8 Å². The lowest BCUT2D eigenvalue weighted by atomic mass is 10.0. The van der Waals surface area contributed by atoms with Crippen molar-refractivity contribution in [3.8, 4) is 12.1 Å². The molecule has 0 aromatic heterocycles. The van der Waals surface area contributed by atoms with E-state index in [9.17, 15) is 0 Å². The van der Waals surface area contributed by atoms with Gasteiger partial charge in [-0.25, -0.2) is 0 Å². The molecule has 5 heteroatoms. The highest BCUT2D eigenvalue weighted by Gasteiger charge is 2.24.